The lowest BCUT2D eigenvalue weighted by atomic mass is 9.99. The van der Waals surface area contributed by atoms with Crippen LogP contribution >= 0.6 is 22.7 Å². The summed E-state index contributed by atoms with van der Waals surface area (Å²) in [5.74, 6) is 0.671. The third-order valence-electron chi connectivity index (χ3n) is 3.63. The number of rotatable bonds is 6. The van der Waals surface area contributed by atoms with Crippen LogP contribution in [0.25, 0.3) is 4.96 Å². The Kier molecular flexibility index (Phi) is 5.17. The van der Waals surface area contributed by atoms with Crippen LogP contribution < -0.4 is 10.6 Å². The van der Waals surface area contributed by atoms with E-state index >= 15 is 0 Å². The first-order chi connectivity index (χ1) is 11.6. The summed E-state index contributed by atoms with van der Waals surface area (Å²) < 4.78 is 2.00. The number of aliphatic hydroxyl groups is 1. The van der Waals surface area contributed by atoms with Crippen molar-refractivity contribution < 1.29 is 5.11 Å². The molecule has 3 heterocycles. The van der Waals surface area contributed by atoms with Crippen LogP contribution in [-0.2, 0) is 12.1 Å². The van der Waals surface area contributed by atoms with Crippen LogP contribution in [0.1, 0.15) is 25.1 Å². The summed E-state index contributed by atoms with van der Waals surface area (Å²) in [7, 11) is 0. The Bertz CT molecular complexity index is 775. The molecule has 3 N–H and O–H groups in total. The van der Waals surface area contributed by atoms with E-state index < -0.39 is 5.60 Å². The number of thiazole rings is 1. The minimum Gasteiger partial charge on any atom is -0.384 e. The van der Waals surface area contributed by atoms with E-state index in [4.69, 9.17) is 0 Å². The molecule has 0 aliphatic heterocycles. The van der Waals surface area contributed by atoms with Crippen LogP contribution in [0.2, 0.25) is 0 Å². The maximum atomic E-state index is 10.6. The van der Waals surface area contributed by atoms with E-state index in [9.17, 15) is 5.11 Å². The zero-order valence-electron chi connectivity index (χ0n) is 13.7. The van der Waals surface area contributed by atoms with Crippen molar-refractivity contribution in [2.45, 2.75) is 26.0 Å². The maximum absolute atomic E-state index is 10.6. The Balaban J connectivity index is 1.64. The zero-order valence-corrected chi connectivity index (χ0v) is 15.3. The first-order valence-corrected chi connectivity index (χ1v) is 9.59. The fraction of sp³-hybridized carbons (Fsp3) is 0.375. The number of aliphatic imine (C=N–C) groups is 1. The van der Waals surface area contributed by atoms with E-state index in [0.29, 0.717) is 19.0 Å². The molecular formula is C16H21N5OS2. The van der Waals surface area contributed by atoms with Crippen molar-refractivity contribution in [1.29, 1.82) is 0 Å². The Morgan fingerprint density at radius 1 is 1.42 bits per heavy atom. The lowest BCUT2D eigenvalue weighted by Crippen LogP contribution is -2.44. The van der Waals surface area contributed by atoms with Gasteiger partial charge in [0.05, 0.1) is 18.8 Å². The highest BCUT2D eigenvalue weighted by Gasteiger charge is 2.23. The van der Waals surface area contributed by atoms with Crippen LogP contribution in [0.4, 0.5) is 0 Å². The quantitative estimate of drug-likeness (QED) is 0.464. The summed E-state index contributed by atoms with van der Waals surface area (Å²) in [5, 5.41) is 22.9. The molecule has 0 saturated heterocycles. The molecule has 0 spiro atoms. The van der Waals surface area contributed by atoms with E-state index in [0.717, 1.165) is 22.8 Å². The molecule has 0 saturated carbocycles. The number of nitrogens with zero attached hydrogens (tertiary/aromatic N) is 3. The first-order valence-electron chi connectivity index (χ1n) is 7.77. The number of guanidine groups is 1. The summed E-state index contributed by atoms with van der Waals surface area (Å²) in [5.41, 5.74) is 0.890. The van der Waals surface area contributed by atoms with Crippen molar-refractivity contribution in [2.24, 2.45) is 4.99 Å². The molecule has 0 aromatic carbocycles. The van der Waals surface area contributed by atoms with Crippen molar-refractivity contribution in [3.05, 3.63) is 45.9 Å². The van der Waals surface area contributed by atoms with Gasteiger partial charge in [-0.1, -0.05) is 0 Å². The van der Waals surface area contributed by atoms with Crippen molar-refractivity contribution in [3.63, 3.8) is 0 Å². The first kappa shape index (κ1) is 16.9. The van der Waals surface area contributed by atoms with Gasteiger partial charge in [0.2, 0.25) is 0 Å². The number of thiophene rings is 1. The Hall–Kier alpha value is -1.90. The van der Waals surface area contributed by atoms with E-state index in [-0.39, 0.29) is 0 Å². The van der Waals surface area contributed by atoms with Crippen molar-refractivity contribution in [3.8, 4) is 0 Å². The predicted molar refractivity (Wildman–Crippen MR) is 99.8 cm³/mol. The highest BCUT2D eigenvalue weighted by molar-refractivity contribution is 7.15. The van der Waals surface area contributed by atoms with Gasteiger partial charge in [0.15, 0.2) is 10.9 Å². The van der Waals surface area contributed by atoms with Crippen LogP contribution in [0.5, 0.6) is 0 Å². The Morgan fingerprint density at radius 2 is 2.29 bits per heavy atom. The van der Waals surface area contributed by atoms with Gasteiger partial charge in [-0.15, -0.1) is 11.3 Å². The van der Waals surface area contributed by atoms with Gasteiger partial charge in [-0.3, -0.25) is 4.40 Å². The van der Waals surface area contributed by atoms with Gasteiger partial charge in [0.25, 0.3) is 0 Å². The summed E-state index contributed by atoms with van der Waals surface area (Å²) in [6.07, 6.45) is 3.97. The second-order valence-electron chi connectivity index (χ2n) is 5.66. The normalized spacial score (nSPS) is 14.7. The van der Waals surface area contributed by atoms with Crippen LogP contribution in [0.3, 0.4) is 0 Å². The molecule has 0 radical (unpaired) electrons. The fourth-order valence-corrected chi connectivity index (χ4v) is 3.78. The van der Waals surface area contributed by atoms with Crippen LogP contribution in [0, 0.1) is 0 Å². The lowest BCUT2D eigenvalue weighted by Gasteiger charge is -2.24. The third-order valence-corrected chi connectivity index (χ3v) is 5.08. The molecule has 3 aromatic heterocycles. The second kappa shape index (κ2) is 7.33. The molecule has 0 aliphatic rings. The molecule has 0 amide bonds. The standard InChI is InChI=1S/C16H21N5OS2/c1-3-17-14(19-11-16(2,22)12-4-6-23-10-12)18-8-13-9-21-5-7-24-15(21)20-13/h4-7,9-10,22H,3,8,11H2,1-2H3,(H2,17,18,19). The molecule has 6 nitrogen and oxygen atoms in total. The minimum absolute atomic E-state index is 0.383. The van der Waals surface area contributed by atoms with Crippen molar-refractivity contribution in [1.82, 2.24) is 20.0 Å². The topological polar surface area (TPSA) is 74.0 Å². The molecule has 0 aliphatic carbocycles. The highest BCUT2D eigenvalue weighted by Crippen LogP contribution is 2.21. The van der Waals surface area contributed by atoms with Crippen molar-refractivity contribution >= 4 is 33.6 Å². The predicted octanol–water partition coefficient (Wildman–Crippen LogP) is 2.42. The summed E-state index contributed by atoms with van der Waals surface area (Å²) in [6, 6.07) is 1.94. The number of hydrogen-bond donors (Lipinski definition) is 3. The molecule has 128 valence electrons. The van der Waals surface area contributed by atoms with E-state index in [2.05, 4.69) is 20.6 Å². The smallest absolute Gasteiger partial charge is 0.193 e. The number of nitrogens with one attached hydrogen (secondary N) is 2. The molecule has 8 heteroatoms. The monoisotopic (exact) mass is 363 g/mol. The van der Waals surface area contributed by atoms with Gasteiger partial charge in [-0.2, -0.15) is 11.3 Å². The zero-order chi connectivity index (χ0) is 17.0. The molecule has 1 atom stereocenters. The van der Waals surface area contributed by atoms with Crippen LogP contribution in [0.15, 0.2) is 39.6 Å². The van der Waals surface area contributed by atoms with Gasteiger partial charge in [0.1, 0.15) is 5.60 Å². The highest BCUT2D eigenvalue weighted by atomic mass is 32.1. The molecule has 0 fully saturated rings. The lowest BCUT2D eigenvalue weighted by molar-refractivity contribution is 0.0621. The third kappa shape index (κ3) is 3.95. The Morgan fingerprint density at radius 3 is 3.00 bits per heavy atom. The fourth-order valence-electron chi connectivity index (χ4n) is 2.28. The van der Waals surface area contributed by atoms with Crippen molar-refractivity contribution in [2.75, 3.05) is 13.1 Å². The number of imidazole rings is 1. The van der Waals surface area contributed by atoms with Gasteiger partial charge >= 0.3 is 0 Å². The molecule has 24 heavy (non-hydrogen) atoms. The average Bonchev–Trinajstić information content (AvgIpc) is 3.26. The van der Waals surface area contributed by atoms with E-state index in [1.807, 2.05) is 45.9 Å². The van der Waals surface area contributed by atoms with Gasteiger partial charge in [-0.05, 0) is 36.2 Å². The number of hydrogen-bond acceptors (Lipinski definition) is 5. The molecule has 0 bridgehead atoms. The number of aromatic nitrogens is 2. The molecule has 3 aromatic rings. The minimum atomic E-state index is -0.937. The van der Waals surface area contributed by atoms with Gasteiger partial charge in [0, 0.05) is 24.3 Å². The largest absolute Gasteiger partial charge is 0.384 e. The second-order valence-corrected chi connectivity index (χ2v) is 7.31. The molecule has 1 unspecified atom stereocenters. The van der Waals surface area contributed by atoms with E-state index in [1.54, 1.807) is 29.6 Å². The number of fused-ring (bicyclic) bond motifs is 1. The van der Waals surface area contributed by atoms with Gasteiger partial charge < -0.3 is 15.7 Å². The Labute approximate surface area is 148 Å². The van der Waals surface area contributed by atoms with Crippen LogP contribution in [-0.4, -0.2) is 33.5 Å². The summed E-state index contributed by atoms with van der Waals surface area (Å²) in [6.45, 7) is 5.44. The maximum Gasteiger partial charge on any atom is 0.193 e. The van der Waals surface area contributed by atoms with E-state index in [1.165, 1.54) is 0 Å². The summed E-state index contributed by atoms with van der Waals surface area (Å²) >= 11 is 3.18. The molecular weight excluding hydrogens is 342 g/mol. The van der Waals surface area contributed by atoms with Gasteiger partial charge in [-0.25, -0.2) is 9.98 Å². The average molecular weight is 364 g/mol. The SMILES string of the molecule is CCNC(=NCc1cn2ccsc2n1)NCC(C)(O)c1ccsc1. The molecule has 3 rings (SSSR count). The summed E-state index contributed by atoms with van der Waals surface area (Å²) in [4.78, 5) is 10.1.